The van der Waals surface area contributed by atoms with E-state index in [1.165, 1.54) is 12.1 Å². The molecule has 210 valence electrons. The van der Waals surface area contributed by atoms with Crippen LogP contribution in [0.3, 0.4) is 0 Å². The fourth-order valence-electron chi connectivity index (χ4n) is 5.26. The molecule has 2 aliphatic rings. The van der Waals surface area contributed by atoms with E-state index in [1.54, 1.807) is 36.9 Å². The number of benzene rings is 2. The van der Waals surface area contributed by atoms with Gasteiger partial charge in [0.05, 0.1) is 0 Å². The van der Waals surface area contributed by atoms with E-state index in [0.717, 1.165) is 31.2 Å². The van der Waals surface area contributed by atoms with Crippen LogP contribution in [-0.2, 0) is 20.9 Å². The number of amides is 3. The van der Waals surface area contributed by atoms with Crippen LogP contribution in [0.25, 0.3) is 0 Å². The van der Waals surface area contributed by atoms with E-state index in [4.69, 9.17) is 4.74 Å². The minimum atomic E-state index is -1.20. The molecule has 1 aliphatic heterocycles. The lowest BCUT2D eigenvalue weighted by Crippen LogP contribution is -2.62. The largest absolute Gasteiger partial charge is 0.457 e. The average molecular weight is 540 g/mol. The maximum atomic E-state index is 13.5. The zero-order valence-corrected chi connectivity index (χ0v) is 22.6. The molecule has 1 saturated carbocycles. The van der Waals surface area contributed by atoms with Crippen LogP contribution in [0.1, 0.15) is 64.4 Å². The molecule has 1 saturated heterocycles. The molecule has 39 heavy (non-hydrogen) atoms. The molecule has 1 heterocycles. The number of rotatable bonds is 9. The first-order chi connectivity index (χ1) is 18.7. The van der Waals surface area contributed by atoms with Crippen molar-refractivity contribution in [3.63, 3.8) is 0 Å². The standard InChI is InChI=1S/C30H38FN3O5/c1-20(2)26(35)27(36)33-30(15-4-5-16-30)29(38)32-25-10-3-6-17-34(28(25)37)19-21-8-7-9-24(18-21)39-23-13-11-22(31)12-14-23/h7-9,11-14,18,20,25-26,35H,3-6,10,15-17,19H2,1-2H3,(H,32,38)(H,33,36)/t25-,26-/m0/s1. The third-order valence-corrected chi connectivity index (χ3v) is 7.56. The fraction of sp³-hybridized carbons (Fsp3) is 0.500. The number of aliphatic hydroxyl groups is 1. The number of ether oxygens (including phenoxy) is 1. The molecule has 2 fully saturated rings. The molecule has 0 spiro atoms. The van der Waals surface area contributed by atoms with Gasteiger partial charge in [-0.1, -0.05) is 38.8 Å². The Morgan fingerprint density at radius 1 is 1.08 bits per heavy atom. The van der Waals surface area contributed by atoms with E-state index in [0.29, 0.717) is 43.9 Å². The van der Waals surface area contributed by atoms with Crippen LogP contribution in [0.5, 0.6) is 11.5 Å². The highest BCUT2D eigenvalue weighted by molar-refractivity contribution is 5.96. The summed E-state index contributed by atoms with van der Waals surface area (Å²) >= 11 is 0. The topological polar surface area (TPSA) is 108 Å². The van der Waals surface area contributed by atoms with E-state index >= 15 is 0 Å². The second-order valence-corrected chi connectivity index (χ2v) is 11.0. The van der Waals surface area contributed by atoms with Gasteiger partial charge in [-0.05, 0) is 80.0 Å². The molecule has 9 heteroatoms. The van der Waals surface area contributed by atoms with Crippen molar-refractivity contribution in [3.8, 4) is 11.5 Å². The van der Waals surface area contributed by atoms with Crippen molar-refractivity contribution >= 4 is 17.7 Å². The molecule has 2 atom stereocenters. The third kappa shape index (κ3) is 7.15. The van der Waals surface area contributed by atoms with Crippen LogP contribution < -0.4 is 15.4 Å². The quantitative estimate of drug-likeness (QED) is 0.446. The molecule has 2 aromatic carbocycles. The molecule has 0 bridgehead atoms. The number of carbonyl (C=O) groups excluding carboxylic acids is 3. The van der Waals surface area contributed by atoms with Gasteiger partial charge in [-0.15, -0.1) is 0 Å². The van der Waals surface area contributed by atoms with Crippen LogP contribution >= 0.6 is 0 Å². The SMILES string of the molecule is CC(C)[C@H](O)C(=O)NC1(C(=O)N[C@H]2CCCCN(Cc3cccc(Oc4ccc(F)cc4)c3)C2=O)CCCC1. The summed E-state index contributed by atoms with van der Waals surface area (Å²) in [5, 5.41) is 16.0. The normalized spacial score (nSPS) is 19.9. The van der Waals surface area contributed by atoms with Gasteiger partial charge < -0.3 is 25.4 Å². The second kappa shape index (κ2) is 12.6. The highest BCUT2D eigenvalue weighted by atomic mass is 19.1. The lowest BCUT2D eigenvalue weighted by Gasteiger charge is -2.33. The number of nitrogens with one attached hydrogen (secondary N) is 2. The minimum Gasteiger partial charge on any atom is -0.457 e. The number of hydrogen-bond acceptors (Lipinski definition) is 5. The summed E-state index contributed by atoms with van der Waals surface area (Å²) in [7, 11) is 0. The van der Waals surface area contributed by atoms with E-state index in [9.17, 15) is 23.9 Å². The Hall–Kier alpha value is -3.46. The number of hydrogen-bond donors (Lipinski definition) is 3. The molecule has 0 aromatic heterocycles. The van der Waals surface area contributed by atoms with Crippen molar-refractivity contribution in [2.75, 3.05) is 6.54 Å². The Labute approximate surface area is 228 Å². The first-order valence-electron chi connectivity index (χ1n) is 13.8. The first-order valence-corrected chi connectivity index (χ1v) is 13.8. The van der Waals surface area contributed by atoms with Crippen molar-refractivity contribution in [2.24, 2.45) is 5.92 Å². The van der Waals surface area contributed by atoms with Crippen molar-refractivity contribution < 1.29 is 28.6 Å². The highest BCUT2D eigenvalue weighted by Gasteiger charge is 2.45. The van der Waals surface area contributed by atoms with Gasteiger partial charge in [0.1, 0.15) is 35.0 Å². The smallest absolute Gasteiger partial charge is 0.249 e. The molecule has 0 unspecified atom stereocenters. The number of nitrogens with zero attached hydrogens (tertiary/aromatic N) is 1. The summed E-state index contributed by atoms with van der Waals surface area (Å²) < 4.78 is 19.0. The van der Waals surface area contributed by atoms with Crippen molar-refractivity contribution in [1.82, 2.24) is 15.5 Å². The van der Waals surface area contributed by atoms with Gasteiger partial charge >= 0.3 is 0 Å². The molecular formula is C30H38FN3O5. The van der Waals surface area contributed by atoms with Gasteiger partial charge in [0, 0.05) is 13.1 Å². The molecule has 0 radical (unpaired) electrons. The van der Waals surface area contributed by atoms with E-state index < -0.39 is 23.6 Å². The molecule has 3 N–H and O–H groups in total. The van der Waals surface area contributed by atoms with Crippen LogP contribution in [-0.4, -0.2) is 52.0 Å². The Bertz CT molecular complexity index is 1160. The van der Waals surface area contributed by atoms with Crippen LogP contribution in [0.4, 0.5) is 4.39 Å². The Morgan fingerprint density at radius 2 is 1.79 bits per heavy atom. The summed E-state index contributed by atoms with van der Waals surface area (Å²) in [6.45, 7) is 4.41. The number of carbonyl (C=O) groups is 3. The van der Waals surface area contributed by atoms with Gasteiger partial charge in [-0.3, -0.25) is 14.4 Å². The molecule has 4 rings (SSSR count). The maximum Gasteiger partial charge on any atom is 0.249 e. The number of likely N-dealkylation sites (tertiary alicyclic amines) is 1. The second-order valence-electron chi connectivity index (χ2n) is 11.0. The number of halogens is 1. The molecule has 8 nitrogen and oxygen atoms in total. The third-order valence-electron chi connectivity index (χ3n) is 7.56. The average Bonchev–Trinajstić information content (AvgIpc) is 3.33. The maximum absolute atomic E-state index is 13.5. The lowest BCUT2D eigenvalue weighted by atomic mass is 9.94. The van der Waals surface area contributed by atoms with Gasteiger partial charge in [0.15, 0.2) is 0 Å². The monoisotopic (exact) mass is 539 g/mol. The predicted molar refractivity (Wildman–Crippen MR) is 144 cm³/mol. The fourth-order valence-corrected chi connectivity index (χ4v) is 5.26. The summed E-state index contributed by atoms with van der Waals surface area (Å²) in [6, 6.07) is 12.5. The summed E-state index contributed by atoms with van der Waals surface area (Å²) in [6.07, 6.45) is 3.43. The lowest BCUT2D eigenvalue weighted by molar-refractivity contribution is -0.141. The Balaban J connectivity index is 1.43. The summed E-state index contributed by atoms with van der Waals surface area (Å²) in [5.74, 6) is -0.607. The summed E-state index contributed by atoms with van der Waals surface area (Å²) in [5.41, 5.74) is -0.242. The van der Waals surface area contributed by atoms with Gasteiger partial charge in [-0.25, -0.2) is 4.39 Å². The van der Waals surface area contributed by atoms with E-state index in [2.05, 4.69) is 10.6 Å². The zero-order chi connectivity index (χ0) is 28.0. The Kier molecular flexibility index (Phi) is 9.22. The van der Waals surface area contributed by atoms with Crippen LogP contribution in [0.2, 0.25) is 0 Å². The summed E-state index contributed by atoms with van der Waals surface area (Å²) in [4.78, 5) is 41.4. The van der Waals surface area contributed by atoms with Crippen molar-refractivity contribution in [1.29, 1.82) is 0 Å². The van der Waals surface area contributed by atoms with Crippen molar-refractivity contribution in [3.05, 3.63) is 59.9 Å². The Morgan fingerprint density at radius 3 is 2.49 bits per heavy atom. The zero-order valence-electron chi connectivity index (χ0n) is 22.6. The van der Waals surface area contributed by atoms with Crippen molar-refractivity contribution in [2.45, 2.75) is 83.0 Å². The number of aliphatic hydroxyl groups excluding tert-OH is 1. The van der Waals surface area contributed by atoms with Crippen LogP contribution in [0.15, 0.2) is 48.5 Å². The van der Waals surface area contributed by atoms with E-state index in [-0.39, 0.29) is 23.5 Å². The first kappa shape index (κ1) is 28.5. The van der Waals surface area contributed by atoms with E-state index in [1.807, 2.05) is 18.2 Å². The van der Waals surface area contributed by atoms with Gasteiger partial charge in [0.2, 0.25) is 17.7 Å². The predicted octanol–water partition coefficient (Wildman–Crippen LogP) is 4.06. The highest BCUT2D eigenvalue weighted by Crippen LogP contribution is 2.31. The molecule has 3 amide bonds. The molecule has 1 aliphatic carbocycles. The van der Waals surface area contributed by atoms with Crippen LogP contribution in [0, 0.1) is 11.7 Å². The minimum absolute atomic E-state index is 0.160. The van der Waals surface area contributed by atoms with Gasteiger partial charge in [0.25, 0.3) is 0 Å². The van der Waals surface area contributed by atoms with Gasteiger partial charge in [-0.2, -0.15) is 0 Å². The molecule has 2 aromatic rings. The molecular weight excluding hydrogens is 501 g/mol.